The molecular formula is C23H30N4O5. The van der Waals surface area contributed by atoms with E-state index in [0.29, 0.717) is 49.6 Å². The first kappa shape index (κ1) is 21.3. The van der Waals surface area contributed by atoms with Crippen molar-refractivity contribution in [3.05, 3.63) is 39.9 Å². The summed E-state index contributed by atoms with van der Waals surface area (Å²) >= 11 is 0. The highest BCUT2D eigenvalue weighted by Crippen LogP contribution is 2.59. The Morgan fingerprint density at radius 2 is 1.94 bits per heavy atom. The molecule has 3 N–H and O–H groups in total. The standard InChI is InChI=1S/C23H30N4O5/c24-22(29)23-9-14-7-16(10-23)20(17(8-14)11-23)25-21(28)19-13-26(5-6-32-19)12-15-3-1-2-4-18(15)27(30)31/h1-4,14,16-17,19-20H,5-13H2,(H2,24,29)(H,25,28). The molecular weight excluding hydrogens is 412 g/mol. The van der Waals surface area contributed by atoms with Crippen molar-refractivity contribution in [1.82, 2.24) is 10.2 Å². The van der Waals surface area contributed by atoms with E-state index >= 15 is 0 Å². The lowest BCUT2D eigenvalue weighted by Gasteiger charge is -2.59. The molecule has 0 radical (unpaired) electrons. The van der Waals surface area contributed by atoms with Crippen LogP contribution >= 0.6 is 0 Å². The number of nitro groups is 1. The SMILES string of the molecule is NC(=O)C12CC3CC(C1)C(NC(=O)C1CN(Cc4ccccc4[N+](=O)[O-])CCO1)C(C3)C2. The quantitative estimate of drug-likeness (QED) is 0.509. The number of nitrogens with two attached hydrogens (primary N) is 1. The van der Waals surface area contributed by atoms with Gasteiger partial charge in [0.25, 0.3) is 11.6 Å². The van der Waals surface area contributed by atoms with Crippen LogP contribution in [0.25, 0.3) is 0 Å². The first-order valence-corrected chi connectivity index (χ1v) is 11.5. The van der Waals surface area contributed by atoms with Gasteiger partial charge in [-0.3, -0.25) is 24.6 Å². The van der Waals surface area contributed by atoms with Crippen LogP contribution in [0.3, 0.4) is 0 Å². The van der Waals surface area contributed by atoms with Crippen molar-refractivity contribution in [3.8, 4) is 0 Å². The molecule has 32 heavy (non-hydrogen) atoms. The summed E-state index contributed by atoms with van der Waals surface area (Å²) in [6.45, 7) is 1.83. The van der Waals surface area contributed by atoms with Crippen LogP contribution in [0.5, 0.6) is 0 Å². The lowest BCUT2D eigenvalue weighted by molar-refractivity contribution is -0.385. The number of ether oxygens (including phenoxy) is 1. The van der Waals surface area contributed by atoms with Gasteiger partial charge in [-0.1, -0.05) is 18.2 Å². The zero-order valence-electron chi connectivity index (χ0n) is 18.1. The van der Waals surface area contributed by atoms with Gasteiger partial charge in [0.1, 0.15) is 6.10 Å². The van der Waals surface area contributed by atoms with E-state index in [4.69, 9.17) is 10.5 Å². The minimum atomic E-state index is -0.603. The fourth-order valence-corrected chi connectivity index (χ4v) is 6.89. The maximum absolute atomic E-state index is 13.1. The van der Waals surface area contributed by atoms with Crippen molar-refractivity contribution < 1.29 is 19.2 Å². The number of para-hydroxylation sites is 1. The monoisotopic (exact) mass is 442 g/mol. The second-order valence-corrected chi connectivity index (χ2v) is 10.1. The van der Waals surface area contributed by atoms with Gasteiger partial charge in [-0.15, -0.1) is 0 Å². The number of carbonyl (C=O) groups excluding carboxylic acids is 2. The molecule has 9 heteroatoms. The van der Waals surface area contributed by atoms with Gasteiger partial charge < -0.3 is 15.8 Å². The molecule has 4 aliphatic carbocycles. The summed E-state index contributed by atoms with van der Waals surface area (Å²) in [7, 11) is 0. The number of nitrogens with zero attached hydrogens (tertiary/aromatic N) is 2. The molecule has 3 atom stereocenters. The van der Waals surface area contributed by atoms with Gasteiger partial charge in [0.2, 0.25) is 5.91 Å². The highest BCUT2D eigenvalue weighted by Gasteiger charge is 2.58. The van der Waals surface area contributed by atoms with Crippen molar-refractivity contribution in [2.75, 3.05) is 19.7 Å². The van der Waals surface area contributed by atoms with E-state index in [2.05, 4.69) is 5.32 Å². The second-order valence-electron chi connectivity index (χ2n) is 10.1. The lowest BCUT2D eigenvalue weighted by atomic mass is 9.47. The van der Waals surface area contributed by atoms with Gasteiger partial charge in [0, 0.05) is 42.7 Å². The molecule has 2 amide bonds. The van der Waals surface area contributed by atoms with Gasteiger partial charge in [0.05, 0.1) is 11.5 Å². The van der Waals surface area contributed by atoms with E-state index in [1.807, 2.05) is 4.90 Å². The van der Waals surface area contributed by atoms with E-state index in [1.165, 1.54) is 6.07 Å². The summed E-state index contributed by atoms with van der Waals surface area (Å²) in [4.78, 5) is 38.2. The fraction of sp³-hybridized carbons (Fsp3) is 0.652. The fourth-order valence-electron chi connectivity index (χ4n) is 6.89. The third-order valence-electron chi connectivity index (χ3n) is 8.13. The third kappa shape index (κ3) is 3.77. The first-order chi connectivity index (χ1) is 15.3. The molecule has 3 unspecified atom stereocenters. The molecule has 172 valence electrons. The van der Waals surface area contributed by atoms with Crippen molar-refractivity contribution in [2.24, 2.45) is 28.9 Å². The van der Waals surface area contributed by atoms with E-state index in [1.54, 1.807) is 18.2 Å². The van der Waals surface area contributed by atoms with Crippen LogP contribution in [0.15, 0.2) is 24.3 Å². The number of rotatable bonds is 6. The van der Waals surface area contributed by atoms with Crippen molar-refractivity contribution in [1.29, 1.82) is 0 Å². The first-order valence-electron chi connectivity index (χ1n) is 11.5. The molecule has 0 spiro atoms. The summed E-state index contributed by atoms with van der Waals surface area (Å²) in [5.74, 6) is 0.829. The number of benzene rings is 1. The van der Waals surface area contributed by atoms with Crippen LogP contribution in [-0.2, 0) is 20.9 Å². The van der Waals surface area contributed by atoms with Gasteiger partial charge in [-0.2, -0.15) is 0 Å². The number of amides is 2. The largest absolute Gasteiger partial charge is 0.369 e. The minimum Gasteiger partial charge on any atom is -0.369 e. The highest BCUT2D eigenvalue weighted by molar-refractivity contribution is 5.83. The van der Waals surface area contributed by atoms with Crippen LogP contribution in [0, 0.1) is 33.3 Å². The smallest absolute Gasteiger partial charge is 0.273 e. The average Bonchev–Trinajstić information content (AvgIpc) is 2.76. The van der Waals surface area contributed by atoms with Crippen LogP contribution < -0.4 is 11.1 Å². The van der Waals surface area contributed by atoms with Crippen LogP contribution in [-0.4, -0.2) is 53.5 Å². The number of hydrogen-bond acceptors (Lipinski definition) is 6. The maximum atomic E-state index is 13.1. The zero-order chi connectivity index (χ0) is 22.5. The molecule has 6 rings (SSSR count). The number of primary amides is 1. The van der Waals surface area contributed by atoms with Crippen molar-refractivity contribution >= 4 is 17.5 Å². The number of morpholine rings is 1. The summed E-state index contributed by atoms with van der Waals surface area (Å²) in [5, 5.41) is 14.6. The highest BCUT2D eigenvalue weighted by atomic mass is 16.6. The molecule has 1 aliphatic heterocycles. The molecule has 1 saturated heterocycles. The van der Waals surface area contributed by atoms with E-state index in [-0.39, 0.29) is 33.9 Å². The Bertz CT molecular complexity index is 921. The Morgan fingerprint density at radius 3 is 2.62 bits per heavy atom. The second kappa shape index (κ2) is 8.12. The lowest BCUT2D eigenvalue weighted by Crippen LogP contribution is -2.63. The summed E-state index contributed by atoms with van der Waals surface area (Å²) < 4.78 is 5.78. The number of nitrogens with one attached hydrogen (secondary N) is 1. The van der Waals surface area contributed by atoms with Crippen LogP contribution in [0.4, 0.5) is 5.69 Å². The Labute approximate surface area is 186 Å². The summed E-state index contributed by atoms with van der Waals surface area (Å²) in [6.07, 6.45) is 3.94. The predicted molar refractivity (Wildman–Crippen MR) is 115 cm³/mol. The molecule has 4 saturated carbocycles. The van der Waals surface area contributed by atoms with Gasteiger partial charge in [-0.05, 0) is 49.9 Å². The van der Waals surface area contributed by atoms with Crippen LogP contribution in [0.2, 0.25) is 0 Å². The molecule has 5 fully saturated rings. The third-order valence-corrected chi connectivity index (χ3v) is 8.13. The molecule has 5 aliphatic rings. The maximum Gasteiger partial charge on any atom is 0.273 e. The molecule has 9 nitrogen and oxygen atoms in total. The van der Waals surface area contributed by atoms with E-state index in [9.17, 15) is 19.7 Å². The molecule has 4 bridgehead atoms. The topological polar surface area (TPSA) is 128 Å². The molecule has 1 aromatic carbocycles. The normalized spacial score (nSPS) is 36.1. The number of carbonyl (C=O) groups is 2. The van der Waals surface area contributed by atoms with Gasteiger partial charge in [0.15, 0.2) is 0 Å². The average molecular weight is 443 g/mol. The Balaban J connectivity index is 1.22. The zero-order valence-corrected chi connectivity index (χ0v) is 18.1. The van der Waals surface area contributed by atoms with Crippen molar-refractivity contribution in [3.63, 3.8) is 0 Å². The Kier molecular flexibility index (Phi) is 5.41. The summed E-state index contributed by atoms with van der Waals surface area (Å²) in [6, 6.07) is 6.78. The van der Waals surface area contributed by atoms with E-state index < -0.39 is 6.10 Å². The van der Waals surface area contributed by atoms with Crippen LogP contribution in [0.1, 0.15) is 37.7 Å². The minimum absolute atomic E-state index is 0.0701. The molecule has 1 heterocycles. The Hall–Kier alpha value is -2.52. The van der Waals surface area contributed by atoms with Gasteiger partial charge >= 0.3 is 0 Å². The number of hydrogen-bond donors (Lipinski definition) is 2. The summed E-state index contributed by atoms with van der Waals surface area (Å²) in [5.41, 5.74) is 6.12. The Morgan fingerprint density at radius 1 is 1.22 bits per heavy atom. The molecule has 0 aromatic heterocycles. The van der Waals surface area contributed by atoms with E-state index in [0.717, 1.165) is 32.1 Å². The molecule has 1 aromatic rings. The predicted octanol–water partition coefficient (Wildman–Crippen LogP) is 1.59. The number of nitro benzene ring substituents is 1. The van der Waals surface area contributed by atoms with Crippen molar-refractivity contribution in [2.45, 2.75) is 50.8 Å². The van der Waals surface area contributed by atoms with Gasteiger partial charge in [-0.25, -0.2) is 0 Å².